The molecular weight excluding hydrogens is 1020 g/mol. The molecule has 18 atom stereocenters. The summed E-state index contributed by atoms with van der Waals surface area (Å²) in [7, 11) is -5.34. The number of phosphoric ester groups is 1. The maximum absolute atomic E-state index is 13.8. The lowest BCUT2D eigenvalue weighted by Crippen LogP contribution is -2.69. The van der Waals surface area contributed by atoms with Crippen molar-refractivity contribution in [2.24, 2.45) is 0 Å². The van der Waals surface area contributed by atoms with Gasteiger partial charge in [0.15, 0.2) is 12.6 Å². The van der Waals surface area contributed by atoms with Crippen molar-refractivity contribution in [2.75, 3.05) is 26.4 Å². The first-order chi connectivity index (χ1) is 36.5. The molecule has 3 rings (SSSR count). The Bertz CT molecular complexity index is 1520. The Morgan fingerprint density at radius 1 is 0.487 bits per heavy atom. The molecule has 0 spiro atoms. The van der Waals surface area contributed by atoms with E-state index >= 15 is 0 Å². The van der Waals surface area contributed by atoms with Crippen LogP contribution in [0.2, 0.25) is 0 Å². The van der Waals surface area contributed by atoms with Crippen LogP contribution in [0.15, 0.2) is 0 Å². The summed E-state index contributed by atoms with van der Waals surface area (Å²) in [4.78, 5) is 23.9. The van der Waals surface area contributed by atoms with Gasteiger partial charge in [-0.1, -0.05) is 181 Å². The van der Waals surface area contributed by atoms with Crippen LogP contribution in [0.1, 0.15) is 207 Å². The lowest BCUT2D eigenvalue weighted by atomic mass is 9.84. The van der Waals surface area contributed by atoms with E-state index in [1.165, 1.54) is 116 Å². The summed E-state index contributed by atoms with van der Waals surface area (Å²) in [6, 6.07) is 0. The highest BCUT2D eigenvalue weighted by atomic mass is 31.2. The molecule has 8 unspecified atom stereocenters. The molecule has 2 aliphatic heterocycles. The quantitative estimate of drug-likeness (QED) is 0.0211. The van der Waals surface area contributed by atoms with Gasteiger partial charge in [-0.3, -0.25) is 13.8 Å². The Morgan fingerprint density at radius 2 is 0.868 bits per heavy atom. The van der Waals surface area contributed by atoms with E-state index in [4.69, 9.17) is 37.5 Å². The largest absolute Gasteiger partial charge is 0.472 e. The Balaban J connectivity index is 1.62. The van der Waals surface area contributed by atoms with E-state index in [0.717, 1.165) is 51.4 Å². The number of hydrogen-bond donors (Lipinski definition) is 11. The first kappa shape index (κ1) is 69.2. The van der Waals surface area contributed by atoms with Gasteiger partial charge in [0.05, 0.1) is 19.3 Å². The lowest BCUT2D eigenvalue weighted by Gasteiger charge is -2.49. The monoisotopic (exact) mass is 1120 g/mol. The highest BCUT2D eigenvalue weighted by molar-refractivity contribution is 7.47. The molecular formula is C54H103O21P. The van der Waals surface area contributed by atoms with E-state index in [0.29, 0.717) is 19.4 Å². The van der Waals surface area contributed by atoms with Gasteiger partial charge >= 0.3 is 13.8 Å². The summed E-state index contributed by atoms with van der Waals surface area (Å²) in [5.74, 6) is -0.609. The lowest BCUT2D eigenvalue weighted by molar-refractivity contribution is -0.360. The maximum atomic E-state index is 13.8. The standard InChI is InChI=1S/C54H103O21P/c1-4-7-9-11-13-15-17-19-21-23-25-27-29-31-33-68-37(6-3)35-70-76(66,67)75-52-50(73-53-48(64)43(59)41(57)38(34-55)71-53)46(62)45(61)47(63)51(52)74-54-49(65)44(60)42(58)39(72-54)36-69-40(56)32-30-28-26-24-22-20-18-16-14-12-10-8-5-2/h37-39,41-55,57-65H,4-36H2,1-3H3,(H,66,67)/t37-,38?,39?,41-,42+,43?,44+,45-,46+,47?,48-,49?,50?,51?,52+,53-,54+/m1/s1. The third kappa shape index (κ3) is 25.0. The number of aliphatic hydroxyl groups excluding tert-OH is 10. The van der Waals surface area contributed by atoms with Gasteiger partial charge in [-0.25, -0.2) is 4.57 Å². The van der Waals surface area contributed by atoms with Gasteiger partial charge in [0.1, 0.15) is 92.1 Å². The molecule has 450 valence electrons. The second-order valence-electron chi connectivity index (χ2n) is 21.4. The Morgan fingerprint density at radius 3 is 1.29 bits per heavy atom. The van der Waals surface area contributed by atoms with Crippen LogP contribution in [-0.2, 0) is 46.8 Å². The van der Waals surface area contributed by atoms with Crippen LogP contribution in [0, 0.1) is 0 Å². The predicted molar refractivity (Wildman–Crippen MR) is 280 cm³/mol. The number of esters is 1. The van der Waals surface area contributed by atoms with Gasteiger partial charge in [0, 0.05) is 13.0 Å². The van der Waals surface area contributed by atoms with Crippen molar-refractivity contribution >= 4 is 13.8 Å². The van der Waals surface area contributed by atoms with E-state index in [2.05, 4.69) is 13.8 Å². The Hall–Kier alpha value is -1.02. The number of carbonyl (C=O) groups is 1. The molecule has 2 saturated heterocycles. The summed E-state index contributed by atoms with van der Waals surface area (Å²) in [6.45, 7) is 4.60. The predicted octanol–water partition coefficient (Wildman–Crippen LogP) is 5.26. The number of hydrogen-bond acceptors (Lipinski definition) is 20. The van der Waals surface area contributed by atoms with Crippen molar-refractivity contribution < 1.29 is 103 Å². The zero-order chi connectivity index (χ0) is 55.9. The van der Waals surface area contributed by atoms with E-state index in [9.17, 15) is 65.3 Å². The van der Waals surface area contributed by atoms with E-state index < -0.39 is 138 Å². The molecule has 0 aromatic carbocycles. The average molecular weight is 1120 g/mol. The van der Waals surface area contributed by atoms with Crippen LogP contribution in [0.3, 0.4) is 0 Å². The topological polar surface area (TPSA) is 331 Å². The van der Waals surface area contributed by atoms with Crippen molar-refractivity contribution in [1.82, 2.24) is 0 Å². The molecule has 3 aliphatic rings. The molecule has 0 radical (unpaired) electrons. The minimum atomic E-state index is -5.34. The zero-order valence-electron chi connectivity index (χ0n) is 46.1. The SMILES string of the molecule is CCCCCCCCCCCCCCCCO[C@H](CC)COP(=O)(O)O[C@@H]1C(O[C@@H]2OC(COC(=O)CCCCCCCCCCCCCCC)[C@H](O)[C@H](O)C2O)C(O)[C@H](O)[C@H](O)C1O[C@H]1OC(CO)[C@@H](O)C(O)[C@H]1O. The fourth-order valence-electron chi connectivity index (χ4n) is 9.98. The van der Waals surface area contributed by atoms with Crippen molar-refractivity contribution in [1.29, 1.82) is 0 Å². The molecule has 22 heteroatoms. The van der Waals surface area contributed by atoms with Gasteiger partial charge in [-0.05, 0) is 19.3 Å². The first-order valence-electron chi connectivity index (χ1n) is 29.3. The van der Waals surface area contributed by atoms with E-state index in [-0.39, 0.29) is 6.42 Å². The number of unbranched alkanes of at least 4 members (excludes halogenated alkanes) is 25. The molecule has 21 nitrogen and oxygen atoms in total. The second-order valence-corrected chi connectivity index (χ2v) is 22.8. The molecule has 0 aromatic rings. The molecule has 76 heavy (non-hydrogen) atoms. The van der Waals surface area contributed by atoms with Gasteiger partial charge < -0.3 is 84.4 Å². The number of rotatable bonds is 43. The second kappa shape index (κ2) is 39.4. The number of phosphoric acid groups is 1. The van der Waals surface area contributed by atoms with Crippen molar-refractivity contribution in [3.63, 3.8) is 0 Å². The molecule has 0 aromatic heterocycles. The van der Waals surface area contributed by atoms with Crippen LogP contribution in [0.4, 0.5) is 0 Å². The molecule has 2 heterocycles. The summed E-state index contributed by atoms with van der Waals surface area (Å²) in [5.41, 5.74) is 0. The Labute approximate surface area is 452 Å². The van der Waals surface area contributed by atoms with Crippen LogP contribution in [0.5, 0.6) is 0 Å². The van der Waals surface area contributed by atoms with Crippen molar-refractivity contribution in [2.45, 2.75) is 311 Å². The highest BCUT2D eigenvalue weighted by Gasteiger charge is 2.58. The molecule has 11 N–H and O–H groups in total. The van der Waals surface area contributed by atoms with Crippen LogP contribution >= 0.6 is 7.82 Å². The normalized spacial score (nSPS) is 32.3. The van der Waals surface area contributed by atoms with Crippen LogP contribution in [0.25, 0.3) is 0 Å². The fraction of sp³-hybridized carbons (Fsp3) is 0.981. The summed E-state index contributed by atoms with van der Waals surface area (Å²) >= 11 is 0. The minimum absolute atomic E-state index is 0.0724. The van der Waals surface area contributed by atoms with Gasteiger partial charge in [0.2, 0.25) is 0 Å². The van der Waals surface area contributed by atoms with Crippen LogP contribution in [-0.4, -0.2) is 192 Å². The molecule has 0 bridgehead atoms. The maximum Gasteiger partial charge on any atom is 0.472 e. The average Bonchev–Trinajstić information content (AvgIpc) is 3.40. The molecule has 0 amide bonds. The molecule has 1 aliphatic carbocycles. The zero-order valence-corrected chi connectivity index (χ0v) is 47.0. The van der Waals surface area contributed by atoms with E-state index in [1.54, 1.807) is 6.92 Å². The van der Waals surface area contributed by atoms with Gasteiger partial charge in [0.25, 0.3) is 0 Å². The minimum Gasteiger partial charge on any atom is -0.463 e. The van der Waals surface area contributed by atoms with Crippen LogP contribution < -0.4 is 0 Å². The summed E-state index contributed by atoms with van der Waals surface area (Å²) in [6.07, 6.45) is -1.20. The smallest absolute Gasteiger partial charge is 0.463 e. The summed E-state index contributed by atoms with van der Waals surface area (Å²) in [5, 5.41) is 108. The third-order valence-corrected chi connectivity index (χ3v) is 16.0. The first-order valence-corrected chi connectivity index (χ1v) is 30.8. The van der Waals surface area contributed by atoms with Gasteiger partial charge in [-0.15, -0.1) is 0 Å². The third-order valence-electron chi connectivity index (χ3n) is 15.0. The number of carbonyl (C=O) groups excluding carboxylic acids is 1. The summed E-state index contributed by atoms with van der Waals surface area (Å²) < 4.78 is 59.0. The fourth-order valence-corrected chi connectivity index (χ4v) is 10.9. The van der Waals surface area contributed by atoms with Crippen molar-refractivity contribution in [3.05, 3.63) is 0 Å². The molecule has 1 saturated carbocycles. The molecule has 3 fully saturated rings. The Kier molecular flexibility index (Phi) is 35.9. The van der Waals surface area contributed by atoms with Crippen molar-refractivity contribution in [3.8, 4) is 0 Å². The number of ether oxygens (including phenoxy) is 6. The van der Waals surface area contributed by atoms with Gasteiger partial charge in [-0.2, -0.15) is 0 Å². The number of aliphatic hydroxyl groups is 10. The van der Waals surface area contributed by atoms with E-state index in [1.807, 2.05) is 0 Å². The highest BCUT2D eigenvalue weighted by Crippen LogP contribution is 2.49.